The van der Waals surface area contributed by atoms with Gasteiger partial charge in [-0.05, 0) is 37.6 Å². The van der Waals surface area contributed by atoms with E-state index in [1.165, 1.54) is 6.08 Å². The van der Waals surface area contributed by atoms with Gasteiger partial charge in [0.25, 0.3) is 0 Å². The molecule has 20 heavy (non-hydrogen) atoms. The Morgan fingerprint density at radius 2 is 2.15 bits per heavy atom. The molecule has 0 unspecified atom stereocenters. The summed E-state index contributed by atoms with van der Waals surface area (Å²) in [6.07, 6.45) is 2.84. The van der Waals surface area contributed by atoms with E-state index in [4.69, 9.17) is 9.84 Å². The van der Waals surface area contributed by atoms with Crippen LogP contribution in [-0.2, 0) is 9.59 Å². The number of amides is 1. The van der Waals surface area contributed by atoms with Crippen molar-refractivity contribution in [2.75, 3.05) is 6.61 Å². The van der Waals surface area contributed by atoms with Crippen LogP contribution < -0.4 is 10.1 Å². The van der Waals surface area contributed by atoms with E-state index in [0.29, 0.717) is 5.75 Å². The van der Waals surface area contributed by atoms with Crippen LogP contribution in [0.5, 0.6) is 5.75 Å². The molecule has 0 aromatic heterocycles. The van der Waals surface area contributed by atoms with Crippen LogP contribution in [0.15, 0.2) is 30.3 Å². The molecule has 0 heterocycles. The minimum absolute atomic E-state index is 0.0538. The van der Waals surface area contributed by atoms with Gasteiger partial charge in [-0.3, -0.25) is 4.79 Å². The Labute approximate surface area is 118 Å². The Balaban J connectivity index is 2.46. The van der Waals surface area contributed by atoms with Crippen LogP contribution in [0.4, 0.5) is 0 Å². The van der Waals surface area contributed by atoms with E-state index in [1.54, 1.807) is 24.3 Å². The number of carboxylic acid groups (broad SMARTS) is 1. The van der Waals surface area contributed by atoms with E-state index in [-0.39, 0.29) is 25.0 Å². The number of aliphatic carboxylic acids is 1. The number of ether oxygens (including phenoxy) is 1. The molecule has 0 bridgehead atoms. The highest BCUT2D eigenvalue weighted by Crippen LogP contribution is 2.14. The first kappa shape index (κ1) is 15.8. The molecule has 2 N–H and O–H groups in total. The molecule has 5 nitrogen and oxygen atoms in total. The third kappa shape index (κ3) is 6.58. The molecular weight excluding hydrogens is 258 g/mol. The highest BCUT2D eigenvalue weighted by molar-refractivity contribution is 5.85. The molecule has 1 rings (SSSR count). The smallest absolute Gasteiger partial charge is 0.328 e. The number of carbonyl (C=O) groups is 2. The Kier molecular flexibility index (Phi) is 6.29. The molecule has 0 aliphatic rings. The third-order valence-electron chi connectivity index (χ3n) is 2.32. The summed E-state index contributed by atoms with van der Waals surface area (Å²) in [5.74, 6) is -0.446. The number of benzene rings is 1. The summed E-state index contributed by atoms with van der Waals surface area (Å²) < 4.78 is 5.46. The topological polar surface area (TPSA) is 75.6 Å². The summed E-state index contributed by atoms with van der Waals surface area (Å²) in [7, 11) is 0. The maximum absolute atomic E-state index is 11.4. The highest BCUT2D eigenvalue weighted by Gasteiger charge is 2.03. The first-order valence-corrected chi connectivity index (χ1v) is 6.40. The molecule has 0 saturated carbocycles. The van der Waals surface area contributed by atoms with E-state index >= 15 is 0 Å². The summed E-state index contributed by atoms with van der Waals surface area (Å²) in [5.41, 5.74) is 0.733. The van der Waals surface area contributed by atoms with Crippen molar-refractivity contribution < 1.29 is 19.4 Å². The standard InChI is InChI=1S/C15H19NO4/c1-11(2)16-14(17)8-9-20-13-5-3-4-12(10-13)6-7-15(18)19/h3-7,10-11H,8-9H2,1-2H3,(H,16,17)(H,18,19). The summed E-state index contributed by atoms with van der Waals surface area (Å²) in [5, 5.41) is 11.3. The lowest BCUT2D eigenvalue weighted by molar-refractivity contribution is -0.131. The summed E-state index contributed by atoms with van der Waals surface area (Å²) in [6, 6.07) is 7.15. The third-order valence-corrected chi connectivity index (χ3v) is 2.32. The Bertz CT molecular complexity index is 494. The SMILES string of the molecule is CC(C)NC(=O)CCOc1cccc(C=CC(=O)O)c1. The largest absolute Gasteiger partial charge is 0.493 e. The van der Waals surface area contributed by atoms with Crippen LogP contribution in [0.1, 0.15) is 25.8 Å². The predicted octanol–water partition coefficient (Wildman–Crippen LogP) is 2.08. The van der Waals surface area contributed by atoms with E-state index in [2.05, 4.69) is 5.32 Å². The molecule has 0 atom stereocenters. The van der Waals surface area contributed by atoms with Crippen LogP contribution in [0.25, 0.3) is 6.08 Å². The van der Waals surface area contributed by atoms with E-state index in [0.717, 1.165) is 11.6 Å². The number of nitrogens with one attached hydrogen (secondary N) is 1. The maximum Gasteiger partial charge on any atom is 0.328 e. The van der Waals surface area contributed by atoms with Gasteiger partial charge >= 0.3 is 5.97 Å². The average molecular weight is 277 g/mol. The molecule has 1 aromatic carbocycles. The highest BCUT2D eigenvalue weighted by atomic mass is 16.5. The lowest BCUT2D eigenvalue weighted by Crippen LogP contribution is -2.31. The van der Waals surface area contributed by atoms with Crippen molar-refractivity contribution in [3.8, 4) is 5.75 Å². The number of carboxylic acids is 1. The van der Waals surface area contributed by atoms with Crippen LogP contribution in [0.2, 0.25) is 0 Å². The van der Waals surface area contributed by atoms with Gasteiger partial charge in [0.15, 0.2) is 0 Å². The second-order valence-corrected chi connectivity index (χ2v) is 4.56. The van der Waals surface area contributed by atoms with Gasteiger partial charge in [0.2, 0.25) is 5.91 Å². The van der Waals surface area contributed by atoms with Crippen molar-refractivity contribution in [3.63, 3.8) is 0 Å². The van der Waals surface area contributed by atoms with Crippen molar-refractivity contribution in [2.24, 2.45) is 0 Å². The normalized spacial score (nSPS) is 10.8. The molecule has 1 aromatic rings. The van der Waals surface area contributed by atoms with Gasteiger partial charge in [0, 0.05) is 12.1 Å². The van der Waals surface area contributed by atoms with Gasteiger partial charge in [-0.15, -0.1) is 0 Å². The summed E-state index contributed by atoms with van der Waals surface area (Å²) >= 11 is 0. The zero-order chi connectivity index (χ0) is 15.0. The van der Waals surface area contributed by atoms with Crippen molar-refractivity contribution in [1.29, 1.82) is 0 Å². The predicted molar refractivity (Wildman–Crippen MR) is 76.5 cm³/mol. The van der Waals surface area contributed by atoms with Gasteiger partial charge in [0.05, 0.1) is 13.0 Å². The minimum Gasteiger partial charge on any atom is -0.493 e. The zero-order valence-electron chi connectivity index (χ0n) is 11.6. The van der Waals surface area contributed by atoms with Crippen molar-refractivity contribution in [1.82, 2.24) is 5.32 Å². The number of hydrogen-bond acceptors (Lipinski definition) is 3. The lowest BCUT2D eigenvalue weighted by atomic mass is 10.2. The number of carbonyl (C=O) groups excluding carboxylic acids is 1. The van der Waals surface area contributed by atoms with Crippen LogP contribution in [0.3, 0.4) is 0 Å². The molecule has 0 radical (unpaired) electrons. The molecule has 5 heteroatoms. The van der Waals surface area contributed by atoms with E-state index in [9.17, 15) is 9.59 Å². The molecule has 0 spiro atoms. The molecule has 108 valence electrons. The van der Waals surface area contributed by atoms with Gasteiger partial charge in [-0.1, -0.05) is 12.1 Å². The molecule has 0 aliphatic heterocycles. The number of hydrogen-bond donors (Lipinski definition) is 2. The Morgan fingerprint density at radius 1 is 1.40 bits per heavy atom. The fourth-order valence-corrected chi connectivity index (χ4v) is 1.53. The van der Waals surface area contributed by atoms with Gasteiger partial charge in [-0.2, -0.15) is 0 Å². The number of rotatable bonds is 7. The molecule has 0 fully saturated rings. The quantitative estimate of drug-likeness (QED) is 0.748. The first-order chi connectivity index (χ1) is 9.47. The van der Waals surface area contributed by atoms with Crippen molar-refractivity contribution in [3.05, 3.63) is 35.9 Å². The monoisotopic (exact) mass is 277 g/mol. The van der Waals surface area contributed by atoms with Crippen molar-refractivity contribution >= 4 is 18.0 Å². The minimum atomic E-state index is -0.998. The van der Waals surface area contributed by atoms with Gasteiger partial charge < -0.3 is 15.2 Å². The van der Waals surface area contributed by atoms with E-state index in [1.807, 2.05) is 13.8 Å². The van der Waals surface area contributed by atoms with Crippen LogP contribution in [-0.4, -0.2) is 29.6 Å². The molecule has 1 amide bonds. The van der Waals surface area contributed by atoms with Gasteiger partial charge in [-0.25, -0.2) is 4.79 Å². The summed E-state index contributed by atoms with van der Waals surface area (Å²) in [4.78, 5) is 21.9. The average Bonchev–Trinajstić information content (AvgIpc) is 2.36. The second kappa shape index (κ2) is 7.99. The fraction of sp³-hybridized carbons (Fsp3) is 0.333. The van der Waals surface area contributed by atoms with Crippen molar-refractivity contribution in [2.45, 2.75) is 26.3 Å². The van der Waals surface area contributed by atoms with Crippen LogP contribution >= 0.6 is 0 Å². The lowest BCUT2D eigenvalue weighted by Gasteiger charge is -2.09. The van der Waals surface area contributed by atoms with E-state index < -0.39 is 5.97 Å². The first-order valence-electron chi connectivity index (χ1n) is 6.40. The maximum atomic E-state index is 11.4. The fourth-order valence-electron chi connectivity index (χ4n) is 1.53. The molecule has 0 saturated heterocycles. The molecular formula is C15H19NO4. The molecule has 0 aliphatic carbocycles. The van der Waals surface area contributed by atoms with Crippen LogP contribution in [0, 0.1) is 0 Å². The second-order valence-electron chi connectivity index (χ2n) is 4.56. The Hall–Kier alpha value is -2.30. The zero-order valence-corrected chi connectivity index (χ0v) is 11.6. The Morgan fingerprint density at radius 3 is 2.80 bits per heavy atom. The van der Waals surface area contributed by atoms with Gasteiger partial charge in [0.1, 0.15) is 5.75 Å². The summed E-state index contributed by atoms with van der Waals surface area (Å²) in [6.45, 7) is 4.08.